The summed E-state index contributed by atoms with van der Waals surface area (Å²) in [7, 11) is 0. The van der Waals surface area contributed by atoms with Crippen LogP contribution in [0.25, 0.3) is 0 Å². The molecule has 0 aliphatic heterocycles. The molecule has 23 heavy (non-hydrogen) atoms. The van der Waals surface area contributed by atoms with Gasteiger partial charge in [0.1, 0.15) is 11.6 Å². The summed E-state index contributed by atoms with van der Waals surface area (Å²) in [6.07, 6.45) is 0. The minimum Gasteiger partial charge on any atom is -0.483 e. The number of hydrogen-bond acceptors (Lipinski definition) is 2. The molecule has 1 N–H and O–H groups in total. The average molecular weight is 336 g/mol. The van der Waals surface area contributed by atoms with Crippen LogP contribution < -0.4 is 10.1 Å². The van der Waals surface area contributed by atoms with Gasteiger partial charge < -0.3 is 10.1 Å². The normalized spacial score (nSPS) is 10.7. The Morgan fingerprint density at radius 2 is 2.00 bits per heavy atom. The molecule has 2 aromatic rings. The molecule has 1 amide bonds. The molecule has 0 bridgehead atoms. The van der Waals surface area contributed by atoms with Crippen LogP contribution in [0.1, 0.15) is 30.9 Å². The minimum atomic E-state index is -0.453. The first-order chi connectivity index (χ1) is 10.9. The second-order valence-corrected chi connectivity index (χ2v) is 6.06. The zero-order valence-electron chi connectivity index (χ0n) is 13.3. The first-order valence-electron chi connectivity index (χ1n) is 7.35. The van der Waals surface area contributed by atoms with Gasteiger partial charge in [0.25, 0.3) is 5.91 Å². The summed E-state index contributed by atoms with van der Waals surface area (Å²) < 4.78 is 18.6. The van der Waals surface area contributed by atoms with Crippen molar-refractivity contribution >= 4 is 23.2 Å². The molecular weight excluding hydrogens is 317 g/mol. The van der Waals surface area contributed by atoms with Crippen molar-refractivity contribution in [2.75, 3.05) is 11.9 Å². The molecule has 0 radical (unpaired) electrons. The summed E-state index contributed by atoms with van der Waals surface area (Å²) in [5.41, 5.74) is 2.46. The molecule has 5 heteroatoms. The Balaban J connectivity index is 2.03. The van der Waals surface area contributed by atoms with Crippen LogP contribution in [0.15, 0.2) is 36.4 Å². The largest absolute Gasteiger partial charge is 0.483 e. The van der Waals surface area contributed by atoms with E-state index in [0.717, 1.165) is 17.2 Å². The van der Waals surface area contributed by atoms with Crippen molar-refractivity contribution in [1.29, 1.82) is 0 Å². The SMILES string of the molecule is Cc1ccc(C(C)C)c(OCC(=O)Nc2ccc(F)cc2Cl)c1. The molecule has 0 spiro atoms. The van der Waals surface area contributed by atoms with E-state index in [1.54, 1.807) is 0 Å². The van der Waals surface area contributed by atoms with Crippen LogP contribution in [0.2, 0.25) is 5.02 Å². The van der Waals surface area contributed by atoms with Crippen LogP contribution in [0.3, 0.4) is 0 Å². The zero-order valence-corrected chi connectivity index (χ0v) is 14.1. The molecule has 3 nitrogen and oxygen atoms in total. The number of aryl methyl sites for hydroxylation is 1. The van der Waals surface area contributed by atoms with Gasteiger partial charge in [0, 0.05) is 0 Å². The van der Waals surface area contributed by atoms with E-state index in [9.17, 15) is 9.18 Å². The van der Waals surface area contributed by atoms with Crippen molar-refractivity contribution in [2.45, 2.75) is 26.7 Å². The van der Waals surface area contributed by atoms with E-state index >= 15 is 0 Å². The van der Waals surface area contributed by atoms with Crippen molar-refractivity contribution in [1.82, 2.24) is 0 Å². The van der Waals surface area contributed by atoms with Crippen molar-refractivity contribution in [3.8, 4) is 5.75 Å². The smallest absolute Gasteiger partial charge is 0.262 e. The van der Waals surface area contributed by atoms with Crippen molar-refractivity contribution in [3.05, 3.63) is 58.4 Å². The molecule has 0 heterocycles. The fourth-order valence-corrected chi connectivity index (χ4v) is 2.38. The second kappa shape index (κ2) is 7.47. The quantitative estimate of drug-likeness (QED) is 0.841. The third kappa shape index (κ3) is 4.70. The second-order valence-electron chi connectivity index (χ2n) is 5.66. The number of halogens is 2. The average Bonchev–Trinajstić information content (AvgIpc) is 2.48. The number of rotatable bonds is 5. The number of ether oxygens (including phenoxy) is 1. The maximum absolute atomic E-state index is 13.0. The number of hydrogen-bond donors (Lipinski definition) is 1. The highest BCUT2D eigenvalue weighted by atomic mass is 35.5. The molecule has 0 aliphatic carbocycles. The first-order valence-corrected chi connectivity index (χ1v) is 7.73. The van der Waals surface area contributed by atoms with Crippen LogP contribution in [0, 0.1) is 12.7 Å². The lowest BCUT2D eigenvalue weighted by molar-refractivity contribution is -0.118. The Morgan fingerprint density at radius 3 is 2.65 bits per heavy atom. The molecule has 0 saturated heterocycles. The number of amides is 1. The van der Waals surface area contributed by atoms with Crippen LogP contribution >= 0.6 is 11.6 Å². The van der Waals surface area contributed by atoms with E-state index in [1.807, 2.05) is 25.1 Å². The summed E-state index contributed by atoms with van der Waals surface area (Å²) in [4.78, 5) is 12.0. The maximum Gasteiger partial charge on any atom is 0.262 e. The predicted molar refractivity (Wildman–Crippen MR) is 90.8 cm³/mol. The highest BCUT2D eigenvalue weighted by molar-refractivity contribution is 6.33. The number of anilines is 1. The fourth-order valence-electron chi connectivity index (χ4n) is 2.16. The topological polar surface area (TPSA) is 38.3 Å². The summed E-state index contributed by atoms with van der Waals surface area (Å²) in [6.45, 7) is 5.96. The third-order valence-corrected chi connectivity index (χ3v) is 3.67. The van der Waals surface area contributed by atoms with E-state index in [2.05, 4.69) is 19.2 Å². The lowest BCUT2D eigenvalue weighted by atomic mass is 10.0. The van der Waals surface area contributed by atoms with Crippen molar-refractivity contribution in [3.63, 3.8) is 0 Å². The van der Waals surface area contributed by atoms with Crippen LogP contribution in [-0.4, -0.2) is 12.5 Å². The van der Waals surface area contributed by atoms with Gasteiger partial charge in [-0.3, -0.25) is 4.79 Å². The fraction of sp³-hybridized carbons (Fsp3) is 0.278. The van der Waals surface area contributed by atoms with E-state index < -0.39 is 5.82 Å². The van der Waals surface area contributed by atoms with Gasteiger partial charge in [-0.1, -0.05) is 37.6 Å². The Morgan fingerprint density at radius 1 is 1.26 bits per heavy atom. The number of nitrogens with one attached hydrogen (secondary N) is 1. The van der Waals surface area contributed by atoms with Crippen LogP contribution in [-0.2, 0) is 4.79 Å². The standard InChI is InChI=1S/C18H19ClFNO2/c1-11(2)14-6-4-12(3)8-17(14)23-10-18(22)21-16-7-5-13(20)9-15(16)19/h4-9,11H,10H2,1-3H3,(H,21,22). The zero-order chi connectivity index (χ0) is 17.0. The van der Waals surface area contributed by atoms with E-state index in [4.69, 9.17) is 16.3 Å². The van der Waals surface area contributed by atoms with Gasteiger partial charge in [-0.05, 0) is 48.2 Å². The highest BCUT2D eigenvalue weighted by Gasteiger charge is 2.11. The molecule has 2 aromatic carbocycles. The van der Waals surface area contributed by atoms with Gasteiger partial charge >= 0.3 is 0 Å². The summed E-state index contributed by atoms with van der Waals surface area (Å²) >= 11 is 5.88. The Kier molecular flexibility index (Phi) is 5.61. The summed E-state index contributed by atoms with van der Waals surface area (Å²) in [6, 6.07) is 9.73. The molecule has 0 fully saturated rings. The lowest BCUT2D eigenvalue weighted by Crippen LogP contribution is -2.20. The lowest BCUT2D eigenvalue weighted by Gasteiger charge is -2.15. The van der Waals surface area contributed by atoms with Gasteiger partial charge in [0.05, 0.1) is 10.7 Å². The molecule has 2 rings (SSSR count). The Labute approximate surface area is 140 Å². The van der Waals surface area contributed by atoms with Gasteiger partial charge in [-0.15, -0.1) is 0 Å². The minimum absolute atomic E-state index is 0.142. The molecule has 0 atom stereocenters. The number of carbonyl (C=O) groups is 1. The molecule has 0 unspecified atom stereocenters. The van der Waals surface area contributed by atoms with E-state index in [0.29, 0.717) is 17.4 Å². The monoisotopic (exact) mass is 335 g/mol. The number of carbonyl (C=O) groups excluding carboxylic acids is 1. The molecule has 122 valence electrons. The Hall–Kier alpha value is -2.07. The van der Waals surface area contributed by atoms with E-state index in [1.165, 1.54) is 12.1 Å². The highest BCUT2D eigenvalue weighted by Crippen LogP contribution is 2.27. The van der Waals surface area contributed by atoms with Gasteiger partial charge in [-0.25, -0.2) is 4.39 Å². The van der Waals surface area contributed by atoms with Gasteiger partial charge in [0.15, 0.2) is 6.61 Å². The maximum atomic E-state index is 13.0. The molecule has 0 aliphatic rings. The van der Waals surface area contributed by atoms with Gasteiger partial charge in [0.2, 0.25) is 0 Å². The Bertz CT molecular complexity index is 716. The van der Waals surface area contributed by atoms with Crippen LogP contribution in [0.4, 0.5) is 10.1 Å². The van der Waals surface area contributed by atoms with Gasteiger partial charge in [-0.2, -0.15) is 0 Å². The first kappa shape index (κ1) is 17.3. The summed E-state index contributed by atoms with van der Waals surface area (Å²) in [5.74, 6) is 0.181. The molecular formula is C18H19ClFNO2. The van der Waals surface area contributed by atoms with Crippen molar-refractivity contribution < 1.29 is 13.9 Å². The van der Waals surface area contributed by atoms with Crippen molar-refractivity contribution in [2.24, 2.45) is 0 Å². The summed E-state index contributed by atoms with van der Waals surface area (Å²) in [5, 5.41) is 2.76. The van der Waals surface area contributed by atoms with Crippen LogP contribution in [0.5, 0.6) is 5.75 Å². The molecule has 0 aromatic heterocycles. The molecule has 0 saturated carbocycles. The third-order valence-electron chi connectivity index (χ3n) is 3.36. The van der Waals surface area contributed by atoms with E-state index in [-0.39, 0.29) is 17.5 Å². The number of benzene rings is 2. The predicted octanol–water partition coefficient (Wildman–Crippen LogP) is 4.93.